The van der Waals surface area contributed by atoms with Crippen LogP contribution in [0.25, 0.3) is 5.95 Å². The molecule has 3 aromatic rings. The highest BCUT2D eigenvalue weighted by Crippen LogP contribution is 2.23. The van der Waals surface area contributed by atoms with E-state index in [4.69, 9.17) is 9.72 Å². The Morgan fingerprint density at radius 2 is 1.97 bits per heavy atom. The number of aliphatic hydroxyl groups excluding tert-OH is 1. The largest absolute Gasteiger partial charge is 0.390 e. The summed E-state index contributed by atoms with van der Waals surface area (Å²) in [5.41, 5.74) is 3.22. The molecule has 11 heteroatoms. The van der Waals surface area contributed by atoms with Crippen molar-refractivity contribution in [3.63, 3.8) is 0 Å². The maximum Gasteiger partial charge on any atom is 0.255 e. The van der Waals surface area contributed by atoms with E-state index in [9.17, 15) is 9.90 Å². The number of amides is 1. The summed E-state index contributed by atoms with van der Waals surface area (Å²) in [7, 11) is 3.38. The standard InChI is InChI=1S/C22H30N8O3/c1-15-9-24-22(27-20(15)29-7-5-4-6-8-29)30-19(13-33-3)16(10-26-30)21(32)23-11-18-17(12-31)25-14-28(18)2/h9-10,14,31H,4-8,11-13H2,1-3H3,(H,23,32). The first kappa shape index (κ1) is 22.9. The molecule has 4 rings (SSSR count). The first-order valence-corrected chi connectivity index (χ1v) is 11.1. The van der Waals surface area contributed by atoms with E-state index in [0.717, 1.165) is 43.0 Å². The van der Waals surface area contributed by atoms with Crippen molar-refractivity contribution in [2.24, 2.45) is 7.05 Å². The van der Waals surface area contributed by atoms with Crippen molar-refractivity contribution in [1.82, 2.24) is 34.6 Å². The molecule has 2 N–H and O–H groups in total. The molecule has 1 saturated heterocycles. The molecule has 0 aliphatic carbocycles. The number of aromatic nitrogens is 6. The number of nitrogens with one attached hydrogen (secondary N) is 1. The molecule has 176 valence electrons. The molecular formula is C22H30N8O3. The third kappa shape index (κ3) is 4.74. The van der Waals surface area contributed by atoms with Crippen molar-refractivity contribution in [2.45, 2.75) is 45.9 Å². The van der Waals surface area contributed by atoms with Crippen LogP contribution in [0.4, 0.5) is 5.82 Å². The van der Waals surface area contributed by atoms with Gasteiger partial charge in [0, 0.05) is 39.0 Å². The molecule has 1 aliphatic heterocycles. The van der Waals surface area contributed by atoms with Crippen LogP contribution in [0.3, 0.4) is 0 Å². The zero-order valence-corrected chi connectivity index (χ0v) is 19.3. The monoisotopic (exact) mass is 454 g/mol. The van der Waals surface area contributed by atoms with E-state index in [1.807, 2.05) is 14.0 Å². The zero-order chi connectivity index (χ0) is 23.4. The Hall–Kier alpha value is -3.31. The summed E-state index contributed by atoms with van der Waals surface area (Å²) < 4.78 is 8.70. The van der Waals surface area contributed by atoms with E-state index < -0.39 is 0 Å². The Balaban J connectivity index is 1.60. The molecule has 0 aromatic carbocycles. The Labute approximate surface area is 192 Å². The molecular weight excluding hydrogens is 424 g/mol. The average molecular weight is 455 g/mol. The van der Waals surface area contributed by atoms with E-state index in [1.54, 1.807) is 28.9 Å². The Morgan fingerprint density at radius 3 is 2.70 bits per heavy atom. The summed E-state index contributed by atoms with van der Waals surface area (Å²) in [6.07, 6.45) is 8.44. The molecule has 0 unspecified atom stereocenters. The fraction of sp³-hybridized carbons (Fsp3) is 0.500. The van der Waals surface area contributed by atoms with E-state index in [2.05, 4.69) is 25.3 Å². The molecule has 0 spiro atoms. The number of piperidine rings is 1. The highest BCUT2D eigenvalue weighted by Gasteiger charge is 2.22. The molecule has 0 bridgehead atoms. The lowest BCUT2D eigenvalue weighted by atomic mass is 10.1. The SMILES string of the molecule is COCc1c(C(=O)NCc2c(CO)ncn2C)cnn1-c1ncc(C)c(N2CCCCC2)n1. The van der Waals surface area contributed by atoms with E-state index >= 15 is 0 Å². The number of imidazole rings is 1. The van der Waals surface area contributed by atoms with Crippen LogP contribution in [0.15, 0.2) is 18.7 Å². The van der Waals surface area contributed by atoms with Crippen molar-refractivity contribution in [3.8, 4) is 5.95 Å². The van der Waals surface area contributed by atoms with Gasteiger partial charge in [-0.1, -0.05) is 0 Å². The molecule has 0 radical (unpaired) electrons. The number of anilines is 1. The highest BCUT2D eigenvalue weighted by atomic mass is 16.5. The lowest BCUT2D eigenvalue weighted by Crippen LogP contribution is -2.31. The summed E-state index contributed by atoms with van der Waals surface area (Å²) in [6.45, 7) is 4.15. The number of nitrogens with zero attached hydrogens (tertiary/aromatic N) is 7. The second-order valence-corrected chi connectivity index (χ2v) is 8.16. The molecule has 1 amide bonds. The highest BCUT2D eigenvalue weighted by molar-refractivity contribution is 5.95. The van der Waals surface area contributed by atoms with Crippen LogP contribution in [-0.2, 0) is 31.5 Å². The first-order valence-electron chi connectivity index (χ1n) is 11.1. The summed E-state index contributed by atoms with van der Waals surface area (Å²) in [5, 5.41) is 16.8. The first-order chi connectivity index (χ1) is 16.0. The predicted octanol–water partition coefficient (Wildman–Crippen LogP) is 1.26. The Bertz CT molecular complexity index is 1120. The molecule has 4 heterocycles. The summed E-state index contributed by atoms with van der Waals surface area (Å²) in [5.74, 6) is 1.00. The fourth-order valence-electron chi connectivity index (χ4n) is 4.09. The second kappa shape index (κ2) is 10.1. The Morgan fingerprint density at radius 1 is 1.18 bits per heavy atom. The number of rotatable bonds is 8. The third-order valence-corrected chi connectivity index (χ3v) is 5.88. The quantitative estimate of drug-likeness (QED) is 0.522. The Kier molecular flexibility index (Phi) is 6.99. The van der Waals surface area contributed by atoms with Crippen molar-refractivity contribution in [3.05, 3.63) is 46.9 Å². The number of carbonyl (C=O) groups is 1. The van der Waals surface area contributed by atoms with Crippen LogP contribution < -0.4 is 10.2 Å². The van der Waals surface area contributed by atoms with Gasteiger partial charge in [0.25, 0.3) is 11.9 Å². The van der Waals surface area contributed by atoms with Crippen LogP contribution in [0, 0.1) is 6.92 Å². The second-order valence-electron chi connectivity index (χ2n) is 8.16. The van der Waals surface area contributed by atoms with Gasteiger partial charge in [-0.3, -0.25) is 4.79 Å². The van der Waals surface area contributed by atoms with Gasteiger partial charge >= 0.3 is 0 Å². The van der Waals surface area contributed by atoms with Crippen molar-refractivity contribution >= 4 is 11.7 Å². The molecule has 1 fully saturated rings. The number of hydrogen-bond acceptors (Lipinski definition) is 8. The van der Waals surface area contributed by atoms with Crippen LogP contribution in [0.2, 0.25) is 0 Å². The van der Waals surface area contributed by atoms with Gasteiger partial charge in [0.15, 0.2) is 0 Å². The van der Waals surface area contributed by atoms with E-state index in [-0.39, 0.29) is 25.7 Å². The van der Waals surface area contributed by atoms with Crippen molar-refractivity contribution in [1.29, 1.82) is 0 Å². The number of methoxy groups -OCH3 is 1. The van der Waals surface area contributed by atoms with Gasteiger partial charge < -0.3 is 24.6 Å². The fourth-order valence-corrected chi connectivity index (χ4v) is 4.09. The molecule has 1 aliphatic rings. The number of carbonyl (C=O) groups excluding carboxylic acids is 1. The minimum absolute atomic E-state index is 0.173. The molecule has 33 heavy (non-hydrogen) atoms. The van der Waals surface area contributed by atoms with Gasteiger partial charge in [-0.15, -0.1) is 0 Å². The van der Waals surface area contributed by atoms with Gasteiger partial charge in [-0.25, -0.2) is 9.97 Å². The normalized spacial score (nSPS) is 14.0. The minimum Gasteiger partial charge on any atom is -0.390 e. The lowest BCUT2D eigenvalue weighted by Gasteiger charge is -2.29. The van der Waals surface area contributed by atoms with Gasteiger partial charge in [-0.2, -0.15) is 14.8 Å². The topological polar surface area (TPSA) is 123 Å². The molecule has 11 nitrogen and oxygen atoms in total. The third-order valence-electron chi connectivity index (χ3n) is 5.88. The summed E-state index contributed by atoms with van der Waals surface area (Å²) >= 11 is 0. The average Bonchev–Trinajstić information content (AvgIpc) is 3.41. The van der Waals surface area contributed by atoms with Gasteiger partial charge in [0.05, 0.1) is 54.9 Å². The minimum atomic E-state index is -0.304. The van der Waals surface area contributed by atoms with Gasteiger partial charge in [0.2, 0.25) is 0 Å². The van der Waals surface area contributed by atoms with Crippen molar-refractivity contribution < 1.29 is 14.6 Å². The van der Waals surface area contributed by atoms with Crippen LogP contribution in [0.5, 0.6) is 0 Å². The van der Waals surface area contributed by atoms with Gasteiger partial charge in [0.1, 0.15) is 5.82 Å². The van der Waals surface area contributed by atoms with Crippen LogP contribution in [-0.4, -0.2) is 60.5 Å². The van der Waals surface area contributed by atoms with E-state index in [0.29, 0.717) is 22.9 Å². The number of aliphatic hydroxyl groups is 1. The molecule has 0 atom stereocenters. The molecule has 0 saturated carbocycles. The maximum absolute atomic E-state index is 13.0. The molecule has 3 aromatic heterocycles. The zero-order valence-electron chi connectivity index (χ0n) is 19.3. The van der Waals surface area contributed by atoms with Crippen LogP contribution in [0.1, 0.15) is 52.3 Å². The van der Waals surface area contributed by atoms with Crippen molar-refractivity contribution in [2.75, 3.05) is 25.1 Å². The number of aryl methyl sites for hydroxylation is 2. The number of ether oxygens (including phenoxy) is 1. The summed E-state index contributed by atoms with van der Waals surface area (Å²) in [4.78, 5) is 28.7. The van der Waals surface area contributed by atoms with Crippen LogP contribution >= 0.6 is 0 Å². The predicted molar refractivity (Wildman–Crippen MR) is 121 cm³/mol. The number of hydrogen-bond donors (Lipinski definition) is 2. The lowest BCUT2D eigenvalue weighted by molar-refractivity contribution is 0.0944. The van der Waals surface area contributed by atoms with E-state index in [1.165, 1.54) is 12.6 Å². The smallest absolute Gasteiger partial charge is 0.255 e. The summed E-state index contributed by atoms with van der Waals surface area (Å²) in [6, 6.07) is 0. The maximum atomic E-state index is 13.0. The van der Waals surface area contributed by atoms with Gasteiger partial charge in [-0.05, 0) is 26.2 Å².